The zero-order valence-corrected chi connectivity index (χ0v) is 19.2. The number of rotatable bonds is 6. The molecule has 2 heterocycles. The van der Waals surface area contributed by atoms with Crippen LogP contribution in [-0.2, 0) is 9.59 Å². The quantitative estimate of drug-likeness (QED) is 0.351. The average Bonchev–Trinajstić information content (AvgIpc) is 2.68. The SMILES string of the molecule is C=CC(=O)N1CCN(CCC)C2(CCN(C(=O)N(C)[C@H](C(=O)[O-])C(C)C)CC2)C1.[Li+]. The van der Waals surface area contributed by atoms with Gasteiger partial charge in [0.2, 0.25) is 5.91 Å². The van der Waals surface area contributed by atoms with Crippen molar-refractivity contribution in [2.75, 3.05) is 46.3 Å². The minimum atomic E-state index is -1.23. The second kappa shape index (κ2) is 11.2. The van der Waals surface area contributed by atoms with Crippen LogP contribution in [0.3, 0.4) is 0 Å². The van der Waals surface area contributed by atoms with E-state index >= 15 is 0 Å². The number of carbonyl (C=O) groups excluding carboxylic acids is 3. The number of carbonyl (C=O) groups is 3. The third kappa shape index (κ3) is 5.60. The van der Waals surface area contributed by atoms with Crippen molar-refractivity contribution >= 4 is 17.9 Å². The topological polar surface area (TPSA) is 87.2 Å². The molecule has 0 unspecified atom stereocenters. The molecule has 0 aromatic heterocycles. The molecule has 9 heteroatoms. The number of hydrogen-bond donors (Lipinski definition) is 0. The normalized spacial score (nSPS) is 19.9. The van der Waals surface area contributed by atoms with Crippen LogP contribution in [0.1, 0.15) is 40.0 Å². The van der Waals surface area contributed by atoms with Crippen molar-refractivity contribution in [1.29, 1.82) is 0 Å². The van der Waals surface area contributed by atoms with Gasteiger partial charge in [-0.2, -0.15) is 0 Å². The van der Waals surface area contributed by atoms with Crippen molar-refractivity contribution in [3.05, 3.63) is 12.7 Å². The maximum absolute atomic E-state index is 12.9. The molecular weight excluding hydrogens is 379 g/mol. The van der Waals surface area contributed by atoms with Crippen LogP contribution in [-0.4, -0.2) is 95.4 Å². The Hall–Kier alpha value is -1.49. The summed E-state index contributed by atoms with van der Waals surface area (Å²) in [6.07, 6.45) is 3.91. The Labute approximate surface area is 192 Å². The predicted molar refractivity (Wildman–Crippen MR) is 109 cm³/mol. The van der Waals surface area contributed by atoms with Crippen molar-refractivity contribution in [2.24, 2.45) is 5.92 Å². The Morgan fingerprint density at radius 3 is 2.20 bits per heavy atom. The van der Waals surface area contributed by atoms with Crippen LogP contribution in [0.5, 0.6) is 0 Å². The van der Waals surface area contributed by atoms with Gasteiger partial charge in [0.05, 0.1) is 12.0 Å². The fourth-order valence-electron chi connectivity index (χ4n) is 4.76. The van der Waals surface area contributed by atoms with Gasteiger partial charge in [-0.05, 0) is 37.8 Å². The van der Waals surface area contributed by atoms with E-state index in [2.05, 4.69) is 18.4 Å². The molecule has 3 amide bonds. The molecule has 0 radical (unpaired) electrons. The van der Waals surface area contributed by atoms with Crippen LogP contribution in [0.25, 0.3) is 0 Å². The molecule has 2 saturated heterocycles. The van der Waals surface area contributed by atoms with Gasteiger partial charge in [0.25, 0.3) is 0 Å². The molecule has 164 valence electrons. The van der Waals surface area contributed by atoms with E-state index < -0.39 is 12.0 Å². The number of likely N-dealkylation sites (tertiary alicyclic amines) is 1. The summed E-state index contributed by atoms with van der Waals surface area (Å²) in [6, 6.07) is -1.23. The summed E-state index contributed by atoms with van der Waals surface area (Å²) in [5.41, 5.74) is -0.145. The van der Waals surface area contributed by atoms with E-state index in [-0.39, 0.29) is 42.3 Å². The maximum atomic E-state index is 12.9. The van der Waals surface area contributed by atoms with Crippen LogP contribution in [0.15, 0.2) is 12.7 Å². The molecule has 0 aliphatic carbocycles. The summed E-state index contributed by atoms with van der Waals surface area (Å²) >= 11 is 0. The van der Waals surface area contributed by atoms with Crippen LogP contribution in [0, 0.1) is 5.92 Å². The number of aliphatic carboxylic acids is 1. The average molecular weight is 414 g/mol. The minimum Gasteiger partial charge on any atom is -0.548 e. The Morgan fingerprint density at radius 1 is 1.13 bits per heavy atom. The van der Waals surface area contributed by atoms with E-state index in [1.807, 2.05) is 4.90 Å². The number of piperidine rings is 1. The molecule has 2 rings (SSSR count). The van der Waals surface area contributed by atoms with Crippen molar-refractivity contribution < 1.29 is 38.4 Å². The van der Waals surface area contributed by atoms with Crippen molar-refractivity contribution in [2.45, 2.75) is 51.6 Å². The number of carboxylic acid groups (broad SMARTS) is 1. The number of hydrogen-bond acceptors (Lipinski definition) is 5. The standard InChI is InChI=1S/C21H36N4O4.Li/c1-6-10-25-14-13-24(17(26)7-2)15-21(25)8-11-23(12-9-21)20(29)22(5)18(16(3)4)19(27)28;/h7,16,18H,2,6,8-15H2,1,3-5H3,(H,27,28);/q;+1/p-1/t18-;/m0./s1. The molecule has 2 aliphatic heterocycles. The van der Waals surface area contributed by atoms with Crippen molar-refractivity contribution in [1.82, 2.24) is 19.6 Å². The molecular formula is C21H35LiN4O4. The number of urea groups is 1. The Bertz CT molecular complexity index is 634. The third-order valence-corrected chi connectivity index (χ3v) is 6.33. The van der Waals surface area contributed by atoms with Crippen LogP contribution < -0.4 is 24.0 Å². The smallest absolute Gasteiger partial charge is 0.548 e. The summed E-state index contributed by atoms with van der Waals surface area (Å²) in [7, 11) is 1.53. The molecule has 1 spiro atoms. The first kappa shape index (κ1) is 26.5. The summed E-state index contributed by atoms with van der Waals surface area (Å²) in [6.45, 7) is 13.5. The monoisotopic (exact) mass is 414 g/mol. The molecule has 2 aliphatic rings. The van der Waals surface area contributed by atoms with Gasteiger partial charge in [0.1, 0.15) is 0 Å². The van der Waals surface area contributed by atoms with Crippen molar-refractivity contribution in [3.63, 3.8) is 0 Å². The molecule has 0 aromatic carbocycles. The molecule has 2 fully saturated rings. The number of piperazine rings is 1. The van der Waals surface area contributed by atoms with Gasteiger partial charge in [-0.15, -0.1) is 0 Å². The number of carboxylic acids is 1. The minimum absolute atomic E-state index is 0. The zero-order valence-electron chi connectivity index (χ0n) is 19.2. The second-order valence-corrected chi connectivity index (χ2v) is 8.56. The molecule has 8 nitrogen and oxygen atoms in total. The fraction of sp³-hybridized carbons (Fsp3) is 0.762. The van der Waals surface area contributed by atoms with Gasteiger partial charge in [0, 0.05) is 45.3 Å². The molecule has 0 N–H and O–H groups in total. The molecule has 0 bridgehead atoms. The van der Waals surface area contributed by atoms with E-state index in [0.29, 0.717) is 26.2 Å². The van der Waals surface area contributed by atoms with E-state index in [1.54, 1.807) is 18.7 Å². The van der Waals surface area contributed by atoms with E-state index in [0.717, 1.165) is 32.4 Å². The van der Waals surface area contributed by atoms with E-state index in [1.165, 1.54) is 18.0 Å². The van der Waals surface area contributed by atoms with E-state index in [4.69, 9.17) is 0 Å². The number of amides is 3. The van der Waals surface area contributed by atoms with Gasteiger partial charge in [-0.25, -0.2) is 4.79 Å². The maximum Gasteiger partial charge on any atom is 1.00 e. The first-order chi connectivity index (χ1) is 13.7. The summed E-state index contributed by atoms with van der Waals surface area (Å²) in [5.74, 6) is -1.52. The molecule has 30 heavy (non-hydrogen) atoms. The molecule has 0 aromatic rings. The molecule has 0 saturated carbocycles. The van der Waals surface area contributed by atoms with Gasteiger partial charge in [0.15, 0.2) is 0 Å². The second-order valence-electron chi connectivity index (χ2n) is 8.56. The summed E-state index contributed by atoms with van der Waals surface area (Å²) in [5, 5.41) is 11.5. The van der Waals surface area contributed by atoms with Gasteiger partial charge >= 0.3 is 24.9 Å². The van der Waals surface area contributed by atoms with Crippen LogP contribution in [0.2, 0.25) is 0 Å². The van der Waals surface area contributed by atoms with Gasteiger partial charge in [-0.3, -0.25) is 9.69 Å². The van der Waals surface area contributed by atoms with Crippen LogP contribution in [0.4, 0.5) is 4.79 Å². The van der Waals surface area contributed by atoms with Crippen LogP contribution >= 0.6 is 0 Å². The van der Waals surface area contributed by atoms with Gasteiger partial charge < -0.3 is 24.6 Å². The largest absolute Gasteiger partial charge is 1.00 e. The van der Waals surface area contributed by atoms with Gasteiger partial charge in [-0.1, -0.05) is 27.4 Å². The number of nitrogens with zero attached hydrogens (tertiary/aromatic N) is 4. The molecule has 1 atom stereocenters. The summed E-state index contributed by atoms with van der Waals surface area (Å²) < 4.78 is 0. The number of likely N-dealkylation sites (N-methyl/N-ethyl adjacent to an activating group) is 1. The first-order valence-electron chi connectivity index (χ1n) is 10.6. The Balaban J connectivity index is 0.00000450. The predicted octanol–water partition coefficient (Wildman–Crippen LogP) is -2.61. The van der Waals surface area contributed by atoms with Crippen molar-refractivity contribution in [3.8, 4) is 0 Å². The summed E-state index contributed by atoms with van der Waals surface area (Å²) in [4.78, 5) is 43.9. The third-order valence-electron chi connectivity index (χ3n) is 6.33. The fourth-order valence-corrected chi connectivity index (χ4v) is 4.76. The first-order valence-corrected chi connectivity index (χ1v) is 10.6. The zero-order chi connectivity index (χ0) is 21.8. The Morgan fingerprint density at radius 2 is 1.73 bits per heavy atom. The Kier molecular flexibility index (Phi) is 9.93. The van der Waals surface area contributed by atoms with E-state index in [9.17, 15) is 19.5 Å².